The number of fused-ring (bicyclic) bond motifs is 3. The van der Waals surface area contributed by atoms with Crippen LogP contribution in [0.4, 0.5) is 4.39 Å². The second kappa shape index (κ2) is 7.73. The third kappa shape index (κ3) is 3.38. The Morgan fingerprint density at radius 1 is 1.14 bits per heavy atom. The maximum atomic E-state index is 13.3. The second-order valence-electron chi connectivity index (χ2n) is 6.26. The van der Waals surface area contributed by atoms with Crippen molar-refractivity contribution < 1.29 is 4.39 Å². The van der Waals surface area contributed by atoms with Gasteiger partial charge in [0.15, 0.2) is 5.16 Å². The van der Waals surface area contributed by atoms with E-state index < -0.39 is 0 Å². The highest BCUT2D eigenvalue weighted by Gasteiger charge is 2.17. The SMILES string of the molecule is CCCn1c(=O)c2cc(Cl)ccc2n2c(SCc3ccc(F)cc3Cl)nnc12. The topological polar surface area (TPSA) is 52.2 Å². The smallest absolute Gasteiger partial charge is 0.262 e. The first kappa shape index (κ1) is 19.2. The predicted octanol–water partition coefficient (Wildman–Crippen LogP) is 5.19. The van der Waals surface area contributed by atoms with Gasteiger partial charge in [0.2, 0.25) is 5.78 Å². The number of thioether (sulfide) groups is 1. The molecule has 4 aromatic rings. The molecule has 2 heterocycles. The molecule has 0 unspecified atom stereocenters. The minimum absolute atomic E-state index is 0.141. The van der Waals surface area contributed by atoms with E-state index in [9.17, 15) is 9.18 Å². The highest BCUT2D eigenvalue weighted by molar-refractivity contribution is 7.98. The molecule has 0 aliphatic rings. The van der Waals surface area contributed by atoms with Crippen LogP contribution < -0.4 is 5.56 Å². The summed E-state index contributed by atoms with van der Waals surface area (Å²) in [4.78, 5) is 12.9. The van der Waals surface area contributed by atoms with Gasteiger partial charge in [-0.25, -0.2) is 4.39 Å². The van der Waals surface area contributed by atoms with E-state index >= 15 is 0 Å². The van der Waals surface area contributed by atoms with Crippen LogP contribution >= 0.6 is 35.0 Å². The largest absolute Gasteiger partial charge is 0.276 e. The van der Waals surface area contributed by atoms with E-state index in [0.717, 1.165) is 12.0 Å². The van der Waals surface area contributed by atoms with Gasteiger partial charge >= 0.3 is 0 Å². The highest BCUT2D eigenvalue weighted by atomic mass is 35.5. The maximum absolute atomic E-state index is 13.3. The molecule has 0 radical (unpaired) electrons. The number of aromatic nitrogens is 4. The van der Waals surface area contributed by atoms with Gasteiger partial charge in [-0.2, -0.15) is 0 Å². The van der Waals surface area contributed by atoms with E-state index in [1.54, 1.807) is 28.8 Å². The highest BCUT2D eigenvalue weighted by Crippen LogP contribution is 2.28. The minimum Gasteiger partial charge on any atom is -0.276 e. The lowest BCUT2D eigenvalue weighted by Crippen LogP contribution is -2.23. The molecule has 0 saturated heterocycles. The normalized spacial score (nSPS) is 11.6. The molecule has 2 aromatic carbocycles. The standard InChI is InChI=1S/C19H15Cl2FN4OS/c1-2-7-25-17(27)14-8-12(20)4-6-16(14)26-18(25)23-24-19(26)28-10-11-3-5-13(22)9-15(11)21/h3-6,8-9H,2,7,10H2,1H3. The predicted molar refractivity (Wildman–Crippen MR) is 111 cm³/mol. The molecular weight excluding hydrogens is 422 g/mol. The molecule has 144 valence electrons. The van der Waals surface area contributed by atoms with E-state index in [4.69, 9.17) is 23.2 Å². The summed E-state index contributed by atoms with van der Waals surface area (Å²) in [5.74, 6) is 0.592. The Hall–Kier alpha value is -2.09. The molecule has 0 aliphatic heterocycles. The summed E-state index contributed by atoms with van der Waals surface area (Å²) < 4.78 is 16.7. The van der Waals surface area contributed by atoms with E-state index in [1.165, 1.54) is 23.9 Å². The summed E-state index contributed by atoms with van der Waals surface area (Å²) in [6, 6.07) is 9.50. The van der Waals surface area contributed by atoms with Crippen molar-refractivity contribution in [3.8, 4) is 0 Å². The van der Waals surface area contributed by atoms with Crippen molar-refractivity contribution in [3.05, 3.63) is 68.2 Å². The van der Waals surface area contributed by atoms with Gasteiger partial charge in [-0.15, -0.1) is 10.2 Å². The van der Waals surface area contributed by atoms with Crippen LogP contribution in [0.25, 0.3) is 16.7 Å². The molecule has 0 atom stereocenters. The van der Waals surface area contributed by atoms with Gasteiger partial charge in [0, 0.05) is 22.3 Å². The van der Waals surface area contributed by atoms with Crippen LogP contribution in [-0.4, -0.2) is 19.2 Å². The molecule has 0 N–H and O–H groups in total. The number of hydrogen-bond acceptors (Lipinski definition) is 4. The number of halogens is 3. The lowest BCUT2D eigenvalue weighted by molar-refractivity contribution is 0.627. The van der Waals surface area contributed by atoms with Gasteiger partial charge in [-0.05, 0) is 42.3 Å². The Morgan fingerprint density at radius 3 is 2.71 bits per heavy atom. The fourth-order valence-corrected chi connectivity index (χ4v) is 4.49. The zero-order valence-electron chi connectivity index (χ0n) is 14.8. The third-order valence-electron chi connectivity index (χ3n) is 4.35. The Morgan fingerprint density at radius 2 is 1.96 bits per heavy atom. The van der Waals surface area contributed by atoms with Crippen LogP contribution in [0.3, 0.4) is 0 Å². The Balaban J connectivity index is 1.85. The van der Waals surface area contributed by atoms with Crippen LogP contribution in [0.2, 0.25) is 10.0 Å². The maximum Gasteiger partial charge on any atom is 0.262 e. The molecule has 0 fully saturated rings. The van der Waals surface area contributed by atoms with Crippen molar-refractivity contribution in [2.75, 3.05) is 0 Å². The summed E-state index contributed by atoms with van der Waals surface area (Å²) >= 11 is 13.7. The molecule has 0 aliphatic carbocycles. The summed E-state index contributed by atoms with van der Waals surface area (Å²) in [7, 11) is 0. The quantitative estimate of drug-likeness (QED) is 0.403. The van der Waals surface area contributed by atoms with Crippen LogP contribution in [-0.2, 0) is 12.3 Å². The third-order valence-corrected chi connectivity index (χ3v) is 5.92. The number of nitrogens with zero attached hydrogens (tertiary/aromatic N) is 4. The van der Waals surface area contributed by atoms with Crippen LogP contribution in [0, 0.1) is 5.82 Å². The molecule has 0 bridgehead atoms. The molecular formula is C19H15Cl2FN4OS. The number of aryl methyl sites for hydroxylation is 1. The van der Waals surface area contributed by atoms with Gasteiger partial charge < -0.3 is 0 Å². The summed E-state index contributed by atoms with van der Waals surface area (Å²) in [6.45, 7) is 2.52. The second-order valence-corrected chi connectivity index (χ2v) is 8.05. The molecule has 5 nitrogen and oxygen atoms in total. The Labute approximate surface area is 174 Å². The Bertz CT molecular complexity index is 1250. The van der Waals surface area contributed by atoms with Gasteiger partial charge in [0.1, 0.15) is 5.82 Å². The fourth-order valence-electron chi connectivity index (χ4n) is 3.06. The average Bonchev–Trinajstić information content (AvgIpc) is 3.08. The minimum atomic E-state index is -0.377. The first-order chi connectivity index (χ1) is 13.5. The van der Waals surface area contributed by atoms with Crippen LogP contribution in [0.1, 0.15) is 18.9 Å². The zero-order valence-corrected chi connectivity index (χ0v) is 17.2. The number of hydrogen-bond donors (Lipinski definition) is 0. The van der Waals surface area contributed by atoms with E-state index in [0.29, 0.717) is 44.2 Å². The molecule has 0 saturated carbocycles. The van der Waals surface area contributed by atoms with Crippen molar-refractivity contribution in [3.63, 3.8) is 0 Å². The lowest BCUT2D eigenvalue weighted by Gasteiger charge is -2.11. The van der Waals surface area contributed by atoms with Crippen LogP contribution in [0.5, 0.6) is 0 Å². The van der Waals surface area contributed by atoms with Crippen molar-refractivity contribution in [1.82, 2.24) is 19.2 Å². The van der Waals surface area contributed by atoms with Crippen LogP contribution in [0.15, 0.2) is 46.3 Å². The zero-order chi connectivity index (χ0) is 19.8. The molecule has 2 aromatic heterocycles. The van der Waals surface area contributed by atoms with E-state index in [2.05, 4.69) is 10.2 Å². The average molecular weight is 437 g/mol. The van der Waals surface area contributed by atoms with Gasteiger partial charge in [0.25, 0.3) is 5.56 Å². The van der Waals surface area contributed by atoms with Gasteiger partial charge in [-0.1, -0.05) is 48.0 Å². The molecule has 0 spiro atoms. The molecule has 0 amide bonds. The van der Waals surface area contributed by atoms with Crippen molar-refractivity contribution in [2.24, 2.45) is 0 Å². The Kier molecular flexibility index (Phi) is 5.31. The van der Waals surface area contributed by atoms with Crippen molar-refractivity contribution in [2.45, 2.75) is 30.8 Å². The number of rotatable bonds is 5. The summed E-state index contributed by atoms with van der Waals surface area (Å²) in [6.07, 6.45) is 0.780. The first-order valence-corrected chi connectivity index (χ1v) is 10.4. The van der Waals surface area contributed by atoms with Gasteiger partial charge in [0.05, 0.1) is 10.9 Å². The molecule has 28 heavy (non-hydrogen) atoms. The molecule has 9 heteroatoms. The summed E-state index contributed by atoms with van der Waals surface area (Å²) in [5, 5.41) is 10.5. The summed E-state index contributed by atoms with van der Waals surface area (Å²) in [5.41, 5.74) is 1.34. The number of benzene rings is 2. The fraction of sp³-hybridized carbons (Fsp3) is 0.211. The van der Waals surface area contributed by atoms with E-state index in [-0.39, 0.29) is 11.4 Å². The lowest BCUT2D eigenvalue weighted by atomic mass is 10.2. The van der Waals surface area contributed by atoms with E-state index in [1.807, 2.05) is 11.3 Å². The first-order valence-electron chi connectivity index (χ1n) is 8.63. The van der Waals surface area contributed by atoms with Crippen molar-refractivity contribution in [1.29, 1.82) is 0 Å². The molecule has 4 rings (SSSR count). The van der Waals surface area contributed by atoms with Gasteiger partial charge in [-0.3, -0.25) is 13.8 Å². The monoisotopic (exact) mass is 436 g/mol. The van der Waals surface area contributed by atoms with Crippen molar-refractivity contribution >= 4 is 51.6 Å².